The molecule has 0 radical (unpaired) electrons. The Hall–Kier alpha value is -1.71. The maximum atomic E-state index is 8.49. The Labute approximate surface area is 83.0 Å². The molecule has 0 fully saturated rings. The van der Waals surface area contributed by atoms with Crippen molar-refractivity contribution in [3.63, 3.8) is 0 Å². The van der Waals surface area contributed by atoms with E-state index in [1.165, 1.54) is 0 Å². The summed E-state index contributed by atoms with van der Waals surface area (Å²) in [5.74, 6) is 0. The van der Waals surface area contributed by atoms with Crippen LogP contribution >= 0.6 is 0 Å². The molecule has 74 valence electrons. The summed E-state index contributed by atoms with van der Waals surface area (Å²) >= 11 is 0. The minimum absolute atomic E-state index is 0.513. The van der Waals surface area contributed by atoms with E-state index in [0.717, 1.165) is 11.4 Å². The van der Waals surface area contributed by atoms with Crippen molar-refractivity contribution in [2.24, 2.45) is 10.1 Å². The molecule has 0 saturated carbocycles. The second-order valence-electron chi connectivity index (χ2n) is 2.91. The van der Waals surface area contributed by atoms with E-state index in [1.54, 1.807) is 20.0 Å². The molecule has 0 saturated heterocycles. The summed E-state index contributed by atoms with van der Waals surface area (Å²) in [4.78, 5) is 8.35. The Morgan fingerprint density at radius 3 is 2.71 bits per heavy atom. The largest absolute Gasteiger partial charge is 0.411 e. The molecule has 0 amide bonds. The normalized spacial score (nSPS) is 13.0. The molecule has 0 aromatic carbocycles. The first-order valence-electron chi connectivity index (χ1n) is 4.34. The van der Waals surface area contributed by atoms with E-state index in [9.17, 15) is 0 Å². The molecule has 0 aliphatic heterocycles. The Kier molecular flexibility index (Phi) is 3.79. The number of rotatable bonds is 3. The standard InChI is InChI=1S/C10H13N3O/c1-8(9(2)13-14)12-7-10-5-3-4-6-11-10/h3-6,14H,7H2,1-2H3. The van der Waals surface area contributed by atoms with E-state index in [2.05, 4.69) is 15.1 Å². The average Bonchev–Trinajstić information content (AvgIpc) is 2.26. The third-order valence-electron chi connectivity index (χ3n) is 1.88. The zero-order chi connectivity index (χ0) is 10.4. The van der Waals surface area contributed by atoms with Gasteiger partial charge in [0.15, 0.2) is 0 Å². The first-order valence-corrected chi connectivity index (χ1v) is 4.34. The number of nitrogens with zero attached hydrogens (tertiary/aromatic N) is 3. The summed E-state index contributed by atoms with van der Waals surface area (Å²) in [5.41, 5.74) is 2.15. The Morgan fingerprint density at radius 2 is 2.14 bits per heavy atom. The molecule has 0 spiro atoms. The van der Waals surface area contributed by atoms with Crippen LogP contribution in [-0.4, -0.2) is 21.6 Å². The molecule has 4 nitrogen and oxygen atoms in total. The van der Waals surface area contributed by atoms with E-state index in [0.29, 0.717) is 12.3 Å². The Morgan fingerprint density at radius 1 is 1.36 bits per heavy atom. The smallest absolute Gasteiger partial charge is 0.0971 e. The fourth-order valence-electron chi connectivity index (χ4n) is 0.878. The molecule has 1 N–H and O–H groups in total. The van der Waals surface area contributed by atoms with Gasteiger partial charge in [-0.25, -0.2) is 0 Å². The van der Waals surface area contributed by atoms with E-state index >= 15 is 0 Å². The van der Waals surface area contributed by atoms with Crippen molar-refractivity contribution < 1.29 is 5.21 Å². The van der Waals surface area contributed by atoms with Crippen LogP contribution in [0.15, 0.2) is 34.5 Å². The second kappa shape index (κ2) is 5.11. The maximum absolute atomic E-state index is 8.49. The van der Waals surface area contributed by atoms with Gasteiger partial charge in [-0.05, 0) is 26.0 Å². The highest BCUT2D eigenvalue weighted by Gasteiger charge is 1.96. The first-order chi connectivity index (χ1) is 6.74. The molecule has 1 rings (SSSR count). The van der Waals surface area contributed by atoms with Gasteiger partial charge in [0.25, 0.3) is 0 Å². The molecule has 0 unspecified atom stereocenters. The molecule has 0 aliphatic carbocycles. The molecular weight excluding hydrogens is 178 g/mol. The van der Waals surface area contributed by atoms with Crippen molar-refractivity contribution in [1.82, 2.24) is 4.98 Å². The monoisotopic (exact) mass is 191 g/mol. The van der Waals surface area contributed by atoms with E-state index in [4.69, 9.17) is 5.21 Å². The fraction of sp³-hybridized carbons (Fsp3) is 0.300. The number of hydrogen-bond acceptors (Lipinski definition) is 4. The Bertz CT molecular complexity index is 344. The zero-order valence-corrected chi connectivity index (χ0v) is 8.31. The first kappa shape index (κ1) is 10.4. The highest BCUT2D eigenvalue weighted by molar-refractivity contribution is 6.40. The van der Waals surface area contributed by atoms with Crippen LogP contribution in [0.3, 0.4) is 0 Å². The molecular formula is C10H13N3O. The summed E-state index contributed by atoms with van der Waals surface area (Å²) in [7, 11) is 0. The predicted molar refractivity (Wildman–Crippen MR) is 55.9 cm³/mol. The van der Waals surface area contributed by atoms with Gasteiger partial charge < -0.3 is 5.21 Å². The predicted octanol–water partition coefficient (Wildman–Crippen LogP) is 1.89. The lowest BCUT2D eigenvalue weighted by Gasteiger charge is -1.98. The van der Waals surface area contributed by atoms with Crippen LogP contribution in [0.5, 0.6) is 0 Å². The van der Waals surface area contributed by atoms with E-state index in [-0.39, 0.29) is 0 Å². The minimum atomic E-state index is 0.513. The molecule has 1 aromatic rings. The van der Waals surface area contributed by atoms with Gasteiger partial charge in [-0.15, -0.1) is 0 Å². The lowest BCUT2D eigenvalue weighted by atomic mass is 10.3. The van der Waals surface area contributed by atoms with Gasteiger partial charge in [0.1, 0.15) is 0 Å². The van der Waals surface area contributed by atoms with Gasteiger partial charge in [-0.1, -0.05) is 11.2 Å². The van der Waals surface area contributed by atoms with Gasteiger partial charge in [0.05, 0.1) is 23.7 Å². The number of oxime groups is 1. The number of aliphatic imine (C=N–C) groups is 1. The van der Waals surface area contributed by atoms with Crippen LogP contribution < -0.4 is 0 Å². The van der Waals surface area contributed by atoms with Crippen molar-refractivity contribution >= 4 is 11.4 Å². The van der Waals surface area contributed by atoms with E-state index in [1.807, 2.05) is 18.2 Å². The summed E-state index contributed by atoms with van der Waals surface area (Å²) in [5, 5.41) is 11.6. The summed E-state index contributed by atoms with van der Waals surface area (Å²) in [6.45, 7) is 4.02. The van der Waals surface area contributed by atoms with Crippen LogP contribution in [0, 0.1) is 0 Å². The van der Waals surface area contributed by atoms with Crippen LogP contribution in [0.2, 0.25) is 0 Å². The summed E-state index contributed by atoms with van der Waals surface area (Å²) in [6.07, 6.45) is 1.73. The second-order valence-corrected chi connectivity index (χ2v) is 2.91. The molecule has 1 heterocycles. The quantitative estimate of drug-likeness (QED) is 0.450. The topological polar surface area (TPSA) is 57.8 Å². The van der Waals surface area contributed by atoms with E-state index < -0.39 is 0 Å². The Balaban J connectivity index is 2.64. The van der Waals surface area contributed by atoms with Gasteiger partial charge in [0, 0.05) is 6.20 Å². The highest BCUT2D eigenvalue weighted by Crippen LogP contribution is 1.96. The van der Waals surface area contributed by atoms with Gasteiger partial charge in [-0.3, -0.25) is 9.98 Å². The summed E-state index contributed by atoms with van der Waals surface area (Å²) < 4.78 is 0. The SMILES string of the molecule is CC(=NO)C(C)=NCc1ccccn1. The van der Waals surface area contributed by atoms with Gasteiger partial charge in [-0.2, -0.15) is 0 Å². The molecule has 0 bridgehead atoms. The molecule has 1 aromatic heterocycles. The molecule has 0 atom stereocenters. The van der Waals surface area contributed by atoms with Crippen molar-refractivity contribution in [3.05, 3.63) is 30.1 Å². The third kappa shape index (κ3) is 2.97. The number of pyridine rings is 1. The van der Waals surface area contributed by atoms with Gasteiger partial charge in [0.2, 0.25) is 0 Å². The minimum Gasteiger partial charge on any atom is -0.411 e. The van der Waals surface area contributed by atoms with Crippen molar-refractivity contribution in [3.8, 4) is 0 Å². The highest BCUT2D eigenvalue weighted by atomic mass is 16.4. The third-order valence-corrected chi connectivity index (χ3v) is 1.88. The van der Waals surface area contributed by atoms with Crippen molar-refractivity contribution in [2.75, 3.05) is 0 Å². The number of hydrogen-bond donors (Lipinski definition) is 1. The van der Waals surface area contributed by atoms with Crippen LogP contribution in [0.25, 0.3) is 0 Å². The molecule has 0 aliphatic rings. The molecule has 4 heteroatoms. The van der Waals surface area contributed by atoms with Gasteiger partial charge >= 0.3 is 0 Å². The average molecular weight is 191 g/mol. The maximum Gasteiger partial charge on any atom is 0.0971 e. The lowest BCUT2D eigenvalue weighted by molar-refractivity contribution is 0.320. The molecule has 14 heavy (non-hydrogen) atoms. The zero-order valence-electron chi connectivity index (χ0n) is 8.31. The van der Waals surface area contributed by atoms with Crippen LogP contribution in [0.4, 0.5) is 0 Å². The van der Waals surface area contributed by atoms with Crippen LogP contribution in [-0.2, 0) is 6.54 Å². The summed E-state index contributed by atoms with van der Waals surface area (Å²) in [6, 6.07) is 5.68. The fourth-order valence-corrected chi connectivity index (χ4v) is 0.878. The van der Waals surface area contributed by atoms with Crippen molar-refractivity contribution in [2.45, 2.75) is 20.4 Å². The number of aromatic nitrogens is 1. The van der Waals surface area contributed by atoms with Crippen LogP contribution in [0.1, 0.15) is 19.5 Å². The van der Waals surface area contributed by atoms with Crippen molar-refractivity contribution in [1.29, 1.82) is 0 Å². The lowest BCUT2D eigenvalue weighted by Crippen LogP contribution is -2.06.